The second-order valence-corrected chi connectivity index (χ2v) is 8.62. The molecule has 0 aliphatic carbocycles. The molecule has 34 heavy (non-hydrogen) atoms. The summed E-state index contributed by atoms with van der Waals surface area (Å²) in [4.78, 5) is 33.4. The molecule has 1 fully saturated rings. The van der Waals surface area contributed by atoms with Gasteiger partial charge >= 0.3 is 0 Å². The largest absolute Gasteiger partial charge is 0.341 e. The lowest BCUT2D eigenvalue weighted by molar-refractivity contribution is -0.132. The number of nitrogens with zero attached hydrogens (tertiary/aromatic N) is 3. The second-order valence-electron chi connectivity index (χ2n) is 8.62. The van der Waals surface area contributed by atoms with Gasteiger partial charge in [-0.1, -0.05) is 65.8 Å². The molecule has 3 heterocycles. The summed E-state index contributed by atoms with van der Waals surface area (Å²) in [6.45, 7) is 3.23. The first kappa shape index (κ1) is 21.8. The van der Waals surface area contributed by atoms with Gasteiger partial charge in [-0.25, -0.2) is 4.98 Å². The van der Waals surface area contributed by atoms with E-state index in [4.69, 9.17) is 4.52 Å². The highest BCUT2D eigenvalue weighted by molar-refractivity contribution is 6.08. The van der Waals surface area contributed by atoms with Gasteiger partial charge in [-0.2, -0.15) is 0 Å². The van der Waals surface area contributed by atoms with Crippen LogP contribution in [0.15, 0.2) is 71.3 Å². The second kappa shape index (κ2) is 9.47. The smallest absolute Gasteiger partial charge is 0.259 e. The zero-order valence-electron chi connectivity index (χ0n) is 19.0. The molecule has 1 N–H and O–H groups in total. The van der Waals surface area contributed by atoms with Crippen LogP contribution in [0.5, 0.6) is 0 Å². The highest BCUT2D eigenvalue weighted by atomic mass is 16.5. The van der Waals surface area contributed by atoms with Crippen molar-refractivity contribution in [3.05, 3.63) is 83.6 Å². The van der Waals surface area contributed by atoms with Gasteiger partial charge < -0.3 is 14.7 Å². The highest BCUT2D eigenvalue weighted by Crippen LogP contribution is 2.27. The van der Waals surface area contributed by atoms with Crippen molar-refractivity contribution in [1.82, 2.24) is 20.4 Å². The summed E-state index contributed by atoms with van der Waals surface area (Å²) >= 11 is 0. The Labute approximate surface area is 197 Å². The Hall–Kier alpha value is -4.00. The van der Waals surface area contributed by atoms with E-state index in [-0.39, 0.29) is 11.8 Å². The molecular formula is C27H26N4O3. The molecule has 1 unspecified atom stereocenters. The van der Waals surface area contributed by atoms with E-state index in [2.05, 4.69) is 15.5 Å². The Morgan fingerprint density at radius 2 is 1.71 bits per heavy atom. The molecule has 2 aromatic heterocycles. The van der Waals surface area contributed by atoms with Crippen LogP contribution in [-0.2, 0) is 11.2 Å². The third kappa shape index (κ3) is 4.41. The number of carbonyl (C=O) groups is 2. The number of amides is 2. The van der Waals surface area contributed by atoms with Crippen molar-refractivity contribution in [1.29, 1.82) is 0 Å². The predicted octanol–water partition coefficient (Wildman–Crippen LogP) is 4.16. The van der Waals surface area contributed by atoms with Crippen molar-refractivity contribution in [2.75, 3.05) is 13.1 Å². The SMILES string of the molecule is Cc1noc2nc(-c3ccccc3)cc(C(=O)NC(Cc3ccccc3)C(=O)N3CCCC3)c12. The Kier molecular flexibility index (Phi) is 6.08. The summed E-state index contributed by atoms with van der Waals surface area (Å²) in [6.07, 6.45) is 2.40. The van der Waals surface area contributed by atoms with Crippen LogP contribution in [0.4, 0.5) is 0 Å². The molecular weight excluding hydrogens is 428 g/mol. The first-order valence-corrected chi connectivity index (χ1v) is 11.6. The molecule has 2 aromatic carbocycles. The van der Waals surface area contributed by atoms with E-state index in [1.165, 1.54) is 0 Å². The lowest BCUT2D eigenvalue weighted by atomic mass is 10.0. The summed E-state index contributed by atoms with van der Waals surface area (Å²) in [5.41, 5.74) is 3.75. The molecule has 1 atom stereocenters. The molecule has 4 aromatic rings. The molecule has 0 saturated carbocycles. The van der Waals surface area contributed by atoms with Crippen LogP contribution in [0.2, 0.25) is 0 Å². The fraction of sp³-hybridized carbons (Fsp3) is 0.259. The highest BCUT2D eigenvalue weighted by Gasteiger charge is 2.29. The predicted molar refractivity (Wildman–Crippen MR) is 129 cm³/mol. The van der Waals surface area contributed by atoms with Gasteiger partial charge in [0, 0.05) is 25.1 Å². The Morgan fingerprint density at radius 3 is 2.41 bits per heavy atom. The summed E-state index contributed by atoms with van der Waals surface area (Å²) in [5, 5.41) is 7.60. The standard InChI is InChI=1S/C27H26N4O3/c1-18-24-21(17-22(29-26(24)34-30-18)20-12-6-3-7-13-20)25(32)28-23(16-19-10-4-2-5-11-19)27(33)31-14-8-9-15-31/h2-7,10-13,17,23H,8-9,14-16H2,1H3,(H,28,32). The lowest BCUT2D eigenvalue weighted by Gasteiger charge is -2.24. The number of fused-ring (bicyclic) bond motifs is 1. The van der Waals surface area contributed by atoms with E-state index in [9.17, 15) is 9.59 Å². The quantitative estimate of drug-likeness (QED) is 0.473. The average Bonchev–Trinajstić information content (AvgIpc) is 3.54. The number of nitrogens with one attached hydrogen (secondary N) is 1. The minimum Gasteiger partial charge on any atom is -0.341 e. The van der Waals surface area contributed by atoms with Crippen molar-refractivity contribution in [3.8, 4) is 11.3 Å². The number of hydrogen-bond donors (Lipinski definition) is 1. The van der Waals surface area contributed by atoms with Crippen LogP contribution in [-0.4, -0.2) is 46.0 Å². The molecule has 2 amide bonds. The zero-order chi connectivity index (χ0) is 23.5. The van der Waals surface area contributed by atoms with Gasteiger partial charge in [-0.3, -0.25) is 9.59 Å². The number of likely N-dealkylation sites (tertiary alicyclic amines) is 1. The van der Waals surface area contributed by atoms with Crippen LogP contribution in [0.3, 0.4) is 0 Å². The maximum absolute atomic E-state index is 13.6. The van der Waals surface area contributed by atoms with E-state index < -0.39 is 6.04 Å². The molecule has 0 spiro atoms. The van der Waals surface area contributed by atoms with Crippen molar-refractivity contribution >= 4 is 22.9 Å². The monoisotopic (exact) mass is 454 g/mol. The fourth-order valence-corrected chi connectivity index (χ4v) is 4.47. The number of aryl methyl sites for hydroxylation is 1. The molecule has 1 aliphatic rings. The maximum atomic E-state index is 13.6. The van der Waals surface area contributed by atoms with Crippen LogP contribution < -0.4 is 5.32 Å². The van der Waals surface area contributed by atoms with E-state index in [1.807, 2.05) is 65.6 Å². The Bertz CT molecular complexity index is 1310. The molecule has 7 nitrogen and oxygen atoms in total. The number of hydrogen-bond acceptors (Lipinski definition) is 5. The van der Waals surface area contributed by atoms with Crippen molar-refractivity contribution in [2.24, 2.45) is 0 Å². The summed E-state index contributed by atoms with van der Waals surface area (Å²) in [7, 11) is 0. The summed E-state index contributed by atoms with van der Waals surface area (Å²) < 4.78 is 5.41. The fourth-order valence-electron chi connectivity index (χ4n) is 4.47. The van der Waals surface area contributed by atoms with Gasteiger partial charge in [0.2, 0.25) is 5.91 Å². The van der Waals surface area contributed by atoms with Crippen molar-refractivity contribution < 1.29 is 14.1 Å². The first-order chi connectivity index (χ1) is 16.6. The molecule has 1 aliphatic heterocycles. The molecule has 1 saturated heterocycles. The third-order valence-electron chi connectivity index (χ3n) is 6.24. The van der Waals surface area contributed by atoms with Gasteiger partial charge in [0.1, 0.15) is 6.04 Å². The maximum Gasteiger partial charge on any atom is 0.259 e. The molecule has 172 valence electrons. The Balaban J connectivity index is 1.50. The third-order valence-corrected chi connectivity index (χ3v) is 6.24. The van der Waals surface area contributed by atoms with Gasteiger partial charge in [0.15, 0.2) is 0 Å². The van der Waals surface area contributed by atoms with E-state index in [0.29, 0.717) is 34.5 Å². The summed E-state index contributed by atoms with van der Waals surface area (Å²) in [5.74, 6) is -0.394. The number of aromatic nitrogens is 2. The van der Waals surface area contributed by atoms with Gasteiger partial charge in [0.05, 0.1) is 22.3 Å². The molecule has 7 heteroatoms. The first-order valence-electron chi connectivity index (χ1n) is 11.6. The molecule has 0 bridgehead atoms. The van der Waals surface area contributed by atoms with Crippen LogP contribution in [0.25, 0.3) is 22.4 Å². The van der Waals surface area contributed by atoms with Gasteiger partial charge in [-0.05, 0) is 31.4 Å². The van der Waals surface area contributed by atoms with Crippen LogP contribution >= 0.6 is 0 Å². The number of pyridine rings is 1. The van der Waals surface area contributed by atoms with E-state index in [1.54, 1.807) is 13.0 Å². The molecule has 5 rings (SSSR count). The van der Waals surface area contributed by atoms with Gasteiger partial charge in [-0.15, -0.1) is 0 Å². The van der Waals surface area contributed by atoms with Crippen LogP contribution in [0.1, 0.15) is 34.5 Å². The number of carbonyl (C=O) groups excluding carboxylic acids is 2. The van der Waals surface area contributed by atoms with Crippen LogP contribution in [0, 0.1) is 6.92 Å². The molecule has 0 radical (unpaired) electrons. The minimum absolute atomic E-state index is 0.0506. The average molecular weight is 455 g/mol. The minimum atomic E-state index is -0.670. The van der Waals surface area contributed by atoms with Gasteiger partial charge in [0.25, 0.3) is 11.6 Å². The van der Waals surface area contributed by atoms with E-state index in [0.717, 1.165) is 37.1 Å². The number of rotatable bonds is 6. The van der Waals surface area contributed by atoms with Crippen molar-refractivity contribution in [2.45, 2.75) is 32.2 Å². The van der Waals surface area contributed by atoms with E-state index >= 15 is 0 Å². The zero-order valence-corrected chi connectivity index (χ0v) is 19.0. The normalized spacial score (nSPS) is 14.3. The topological polar surface area (TPSA) is 88.3 Å². The Morgan fingerprint density at radius 1 is 1.03 bits per heavy atom. The number of benzene rings is 2. The summed E-state index contributed by atoms with van der Waals surface area (Å²) in [6, 6.07) is 20.4. The lowest BCUT2D eigenvalue weighted by Crippen LogP contribution is -2.49. The van der Waals surface area contributed by atoms with Crippen molar-refractivity contribution in [3.63, 3.8) is 0 Å².